The van der Waals surface area contributed by atoms with Crippen LogP contribution in [0.5, 0.6) is 0 Å². The van der Waals surface area contributed by atoms with Gasteiger partial charge in [0, 0.05) is 23.4 Å². The molecule has 1 N–H and O–H groups in total. The molecule has 7 heteroatoms. The van der Waals surface area contributed by atoms with Crippen molar-refractivity contribution >= 4 is 28.1 Å². The van der Waals surface area contributed by atoms with Crippen molar-refractivity contribution in [3.05, 3.63) is 83.4 Å². The van der Waals surface area contributed by atoms with Gasteiger partial charge in [-0.25, -0.2) is 0 Å². The fraction of sp³-hybridized carbons (Fsp3) is 0.125. The molecule has 0 spiro atoms. The van der Waals surface area contributed by atoms with E-state index in [2.05, 4.69) is 27.7 Å². The highest BCUT2D eigenvalue weighted by atomic mass is 32.1. The maximum atomic E-state index is 12.7. The van der Waals surface area contributed by atoms with E-state index in [4.69, 9.17) is 4.52 Å². The summed E-state index contributed by atoms with van der Waals surface area (Å²) in [5, 5.41) is 14.6. The predicted octanol–water partition coefficient (Wildman–Crippen LogP) is 5.16. The molecule has 0 fully saturated rings. The van der Waals surface area contributed by atoms with Gasteiger partial charge in [0.1, 0.15) is 11.2 Å². The summed E-state index contributed by atoms with van der Waals surface area (Å²) in [6.45, 7) is 3.11. The van der Waals surface area contributed by atoms with Crippen LogP contribution >= 0.6 is 11.3 Å². The van der Waals surface area contributed by atoms with Crippen LogP contribution in [-0.4, -0.2) is 27.4 Å². The Balaban J connectivity index is 1.29. The molecule has 5 rings (SSSR count). The van der Waals surface area contributed by atoms with Gasteiger partial charge < -0.3 is 9.84 Å². The Morgan fingerprint density at radius 3 is 2.77 bits per heavy atom. The van der Waals surface area contributed by atoms with Crippen LogP contribution < -0.4 is 5.32 Å². The number of hydrogen-bond donors (Lipinski definition) is 1. The molecule has 0 aliphatic heterocycles. The van der Waals surface area contributed by atoms with E-state index in [1.54, 1.807) is 17.4 Å². The summed E-state index contributed by atoms with van der Waals surface area (Å²) >= 11 is 1.67. The molecule has 0 saturated heterocycles. The second-order valence-electron chi connectivity index (χ2n) is 7.24. The molecule has 3 aromatic heterocycles. The molecule has 1 amide bonds. The molecule has 0 radical (unpaired) electrons. The fourth-order valence-electron chi connectivity index (χ4n) is 3.54. The molecule has 0 saturated carbocycles. The molecule has 31 heavy (non-hydrogen) atoms. The molecule has 3 heterocycles. The first-order chi connectivity index (χ1) is 15.2. The molecule has 0 unspecified atom stereocenters. The van der Waals surface area contributed by atoms with Gasteiger partial charge in [0.25, 0.3) is 5.91 Å². The van der Waals surface area contributed by atoms with Crippen LogP contribution in [0.15, 0.2) is 76.6 Å². The lowest BCUT2D eigenvalue weighted by Gasteiger charge is -2.07. The van der Waals surface area contributed by atoms with E-state index in [0.717, 1.165) is 32.7 Å². The topological polar surface area (TPSA) is 73.0 Å². The zero-order valence-corrected chi connectivity index (χ0v) is 17.7. The van der Waals surface area contributed by atoms with Crippen LogP contribution in [0.2, 0.25) is 0 Å². The van der Waals surface area contributed by atoms with Crippen LogP contribution in [0.1, 0.15) is 16.1 Å². The third kappa shape index (κ3) is 3.87. The number of fused-ring (bicyclic) bond motifs is 1. The van der Waals surface area contributed by atoms with Crippen LogP contribution in [0.3, 0.4) is 0 Å². The molecule has 2 aromatic carbocycles. The highest BCUT2D eigenvalue weighted by Crippen LogP contribution is 2.29. The summed E-state index contributed by atoms with van der Waals surface area (Å²) in [5.74, 6) is 0.531. The van der Waals surface area contributed by atoms with Gasteiger partial charge in [0.2, 0.25) is 0 Å². The van der Waals surface area contributed by atoms with Gasteiger partial charge in [-0.15, -0.1) is 11.3 Å². The molecule has 5 aromatic rings. The van der Waals surface area contributed by atoms with Gasteiger partial charge in [-0.2, -0.15) is 5.10 Å². The summed E-state index contributed by atoms with van der Waals surface area (Å²) in [6.07, 6.45) is 0. The van der Waals surface area contributed by atoms with Crippen molar-refractivity contribution in [1.82, 2.24) is 20.3 Å². The van der Waals surface area contributed by atoms with Crippen LogP contribution in [0, 0.1) is 6.92 Å². The zero-order valence-electron chi connectivity index (χ0n) is 16.9. The normalized spacial score (nSPS) is 11.1. The van der Waals surface area contributed by atoms with Crippen LogP contribution in [0.25, 0.3) is 32.8 Å². The maximum Gasteiger partial charge on any atom is 0.251 e. The van der Waals surface area contributed by atoms with Gasteiger partial charge in [0.05, 0.1) is 16.8 Å². The van der Waals surface area contributed by atoms with Gasteiger partial charge >= 0.3 is 0 Å². The minimum absolute atomic E-state index is 0.134. The van der Waals surface area contributed by atoms with Crippen LogP contribution in [-0.2, 0) is 6.54 Å². The number of carbonyl (C=O) groups excluding carboxylic acids is 1. The smallest absolute Gasteiger partial charge is 0.251 e. The highest BCUT2D eigenvalue weighted by Gasteiger charge is 2.14. The Morgan fingerprint density at radius 2 is 1.97 bits per heavy atom. The van der Waals surface area contributed by atoms with E-state index < -0.39 is 0 Å². The Bertz CT molecular complexity index is 1340. The van der Waals surface area contributed by atoms with E-state index in [0.29, 0.717) is 24.4 Å². The van der Waals surface area contributed by atoms with Crippen molar-refractivity contribution in [1.29, 1.82) is 0 Å². The summed E-state index contributed by atoms with van der Waals surface area (Å²) < 4.78 is 7.45. The van der Waals surface area contributed by atoms with E-state index in [9.17, 15) is 4.79 Å². The minimum atomic E-state index is -0.134. The fourth-order valence-corrected chi connectivity index (χ4v) is 4.22. The van der Waals surface area contributed by atoms with E-state index >= 15 is 0 Å². The van der Waals surface area contributed by atoms with E-state index in [-0.39, 0.29) is 5.91 Å². The molecular weight excluding hydrogens is 408 g/mol. The van der Waals surface area contributed by atoms with Crippen molar-refractivity contribution in [3.8, 4) is 21.9 Å². The van der Waals surface area contributed by atoms with Crippen molar-refractivity contribution in [2.45, 2.75) is 13.5 Å². The molecular formula is C24H20N4O2S. The van der Waals surface area contributed by atoms with Crippen molar-refractivity contribution in [2.75, 3.05) is 6.54 Å². The zero-order chi connectivity index (χ0) is 21.2. The number of benzene rings is 2. The third-order valence-electron chi connectivity index (χ3n) is 5.14. The van der Waals surface area contributed by atoms with E-state index in [1.165, 1.54) is 0 Å². The Morgan fingerprint density at radius 1 is 1.10 bits per heavy atom. The van der Waals surface area contributed by atoms with Crippen molar-refractivity contribution in [2.24, 2.45) is 0 Å². The molecule has 0 atom stereocenters. The Hall–Kier alpha value is -3.71. The van der Waals surface area contributed by atoms with Crippen LogP contribution in [0.4, 0.5) is 0 Å². The average Bonchev–Trinajstić information content (AvgIpc) is 3.54. The predicted molar refractivity (Wildman–Crippen MR) is 122 cm³/mol. The SMILES string of the molecule is Cc1cc(-c2cccs2)nn1CCNC(=O)c1ccc2noc(-c3ccccc3)c2c1. The van der Waals surface area contributed by atoms with Gasteiger partial charge in [-0.1, -0.05) is 41.6 Å². The van der Waals surface area contributed by atoms with Crippen molar-refractivity contribution < 1.29 is 9.32 Å². The molecule has 6 nitrogen and oxygen atoms in total. The molecule has 0 aliphatic rings. The number of carbonyl (C=O) groups is 1. The van der Waals surface area contributed by atoms with Crippen molar-refractivity contribution in [3.63, 3.8) is 0 Å². The summed E-state index contributed by atoms with van der Waals surface area (Å²) in [6, 6.07) is 21.3. The quantitative estimate of drug-likeness (QED) is 0.406. The Kier molecular flexibility index (Phi) is 5.09. The minimum Gasteiger partial charge on any atom is -0.355 e. The number of rotatable bonds is 6. The maximum absolute atomic E-state index is 12.7. The monoisotopic (exact) mass is 428 g/mol. The Labute approximate surface area is 183 Å². The number of thiophene rings is 1. The lowest BCUT2D eigenvalue weighted by Crippen LogP contribution is -2.27. The first-order valence-electron chi connectivity index (χ1n) is 10.0. The number of nitrogens with one attached hydrogen (secondary N) is 1. The lowest BCUT2D eigenvalue weighted by molar-refractivity contribution is 0.0952. The number of aromatic nitrogens is 3. The highest BCUT2D eigenvalue weighted by molar-refractivity contribution is 7.13. The molecule has 0 aliphatic carbocycles. The number of amides is 1. The summed E-state index contributed by atoms with van der Waals surface area (Å²) in [5.41, 5.74) is 4.26. The third-order valence-corrected chi connectivity index (χ3v) is 6.03. The van der Waals surface area contributed by atoms with Gasteiger partial charge in [-0.3, -0.25) is 9.48 Å². The summed E-state index contributed by atoms with van der Waals surface area (Å²) in [7, 11) is 0. The number of hydrogen-bond acceptors (Lipinski definition) is 5. The average molecular weight is 429 g/mol. The first kappa shape index (κ1) is 19.3. The van der Waals surface area contributed by atoms with E-state index in [1.807, 2.05) is 65.5 Å². The van der Waals surface area contributed by atoms with Gasteiger partial charge in [-0.05, 0) is 42.6 Å². The second-order valence-corrected chi connectivity index (χ2v) is 8.18. The number of nitrogens with zero attached hydrogens (tertiary/aromatic N) is 3. The largest absolute Gasteiger partial charge is 0.355 e. The second kappa shape index (κ2) is 8.20. The summed E-state index contributed by atoms with van der Waals surface area (Å²) in [4.78, 5) is 13.9. The number of aryl methyl sites for hydroxylation is 1. The lowest BCUT2D eigenvalue weighted by atomic mass is 10.1. The molecule has 154 valence electrons. The van der Waals surface area contributed by atoms with Gasteiger partial charge in [0.15, 0.2) is 5.76 Å². The first-order valence-corrected chi connectivity index (χ1v) is 10.9. The standard InChI is InChI=1S/C24H20N4O2S/c1-16-14-21(22-8-5-13-31-22)26-28(16)12-11-25-24(29)18-9-10-20-19(15-18)23(30-27-20)17-6-3-2-4-7-17/h2-10,13-15H,11-12H2,1H3,(H,25,29). The molecule has 0 bridgehead atoms.